The normalized spacial score (nSPS) is 14.5. The van der Waals surface area contributed by atoms with Crippen LogP contribution in [0.1, 0.15) is 44.7 Å². The number of benzene rings is 3. The van der Waals surface area contributed by atoms with Gasteiger partial charge in [-0.1, -0.05) is 18.2 Å². The van der Waals surface area contributed by atoms with Gasteiger partial charge in [0, 0.05) is 0 Å². The predicted octanol–water partition coefficient (Wildman–Crippen LogP) is 6.36. The van der Waals surface area contributed by atoms with Crippen molar-refractivity contribution in [1.29, 1.82) is 0 Å². The maximum atomic E-state index is 13.2. The predicted molar refractivity (Wildman–Crippen MR) is 120 cm³/mol. The minimum atomic E-state index is -4.46. The molecule has 9 heteroatoms. The van der Waals surface area contributed by atoms with Crippen LogP contribution in [0.2, 0.25) is 0 Å². The minimum Gasteiger partial charge on any atom is -0.478 e. The molecule has 0 radical (unpaired) electrons. The topological polar surface area (TPSA) is 88.8 Å². The van der Waals surface area contributed by atoms with Gasteiger partial charge in [0.1, 0.15) is 23.3 Å². The number of rotatable bonds is 6. The molecule has 1 amide bonds. The first kappa shape index (κ1) is 22.5. The summed E-state index contributed by atoms with van der Waals surface area (Å²) in [5, 5.41) is 12.5. The van der Waals surface area contributed by atoms with Gasteiger partial charge in [0.05, 0.1) is 27.6 Å². The lowest BCUT2D eigenvalue weighted by Crippen LogP contribution is -2.34. The molecule has 1 heterocycles. The molecule has 6 nitrogen and oxygen atoms in total. The third kappa shape index (κ3) is 4.32. The highest BCUT2D eigenvalue weighted by molar-refractivity contribution is 6.08. The number of ether oxygens (including phenoxy) is 1. The molecule has 1 fully saturated rings. The van der Waals surface area contributed by atoms with Crippen molar-refractivity contribution in [3.05, 3.63) is 95.2 Å². The quantitative estimate of drug-likeness (QED) is 0.335. The summed E-state index contributed by atoms with van der Waals surface area (Å²) in [7, 11) is 0. The van der Waals surface area contributed by atoms with Gasteiger partial charge in [-0.05, 0) is 66.9 Å². The maximum Gasteiger partial charge on any atom is 0.416 e. The SMILES string of the molecule is O=C(O)c1ccc(C2(NC(=O)c3coc4cccc(Oc5ccc(C(F)(F)F)cc5)c34)CC2)cc1. The Balaban J connectivity index is 1.41. The van der Waals surface area contributed by atoms with E-state index >= 15 is 0 Å². The highest BCUT2D eigenvalue weighted by Crippen LogP contribution is 2.46. The third-order valence-corrected chi connectivity index (χ3v) is 6.00. The molecule has 1 aromatic heterocycles. The standard InChI is InChI=1S/C26H18F3NO5/c27-26(28,29)17-8-10-18(11-9-17)35-21-3-1-2-20-22(21)19(14-34-20)23(31)30-25(12-13-25)16-6-4-15(5-7-16)24(32)33/h1-11,14H,12-13H2,(H,30,31)(H,32,33). The van der Waals surface area contributed by atoms with Crippen molar-refractivity contribution in [1.82, 2.24) is 5.32 Å². The van der Waals surface area contributed by atoms with Gasteiger partial charge in [-0.2, -0.15) is 13.2 Å². The van der Waals surface area contributed by atoms with Crippen molar-refractivity contribution in [2.24, 2.45) is 0 Å². The van der Waals surface area contributed by atoms with Crippen LogP contribution in [0, 0.1) is 0 Å². The molecule has 4 aromatic rings. The van der Waals surface area contributed by atoms with Gasteiger partial charge >= 0.3 is 12.1 Å². The van der Waals surface area contributed by atoms with Gasteiger partial charge in [-0.25, -0.2) is 4.79 Å². The summed E-state index contributed by atoms with van der Waals surface area (Å²) >= 11 is 0. The van der Waals surface area contributed by atoms with Crippen LogP contribution in [0.3, 0.4) is 0 Å². The summed E-state index contributed by atoms with van der Waals surface area (Å²) in [4.78, 5) is 24.4. The van der Waals surface area contributed by atoms with Crippen molar-refractivity contribution in [2.75, 3.05) is 0 Å². The zero-order chi connectivity index (χ0) is 24.8. The number of carbonyl (C=O) groups is 2. The van der Waals surface area contributed by atoms with Crippen LogP contribution in [-0.2, 0) is 11.7 Å². The lowest BCUT2D eigenvalue weighted by molar-refractivity contribution is -0.137. The molecule has 35 heavy (non-hydrogen) atoms. The molecule has 2 N–H and O–H groups in total. The molecule has 3 aromatic carbocycles. The van der Waals surface area contributed by atoms with E-state index in [-0.39, 0.29) is 22.6 Å². The number of hydrogen-bond acceptors (Lipinski definition) is 4. The highest BCUT2D eigenvalue weighted by Gasteiger charge is 2.46. The van der Waals surface area contributed by atoms with Gasteiger partial charge < -0.3 is 19.6 Å². The fourth-order valence-corrected chi connectivity index (χ4v) is 3.97. The molecule has 0 unspecified atom stereocenters. The van der Waals surface area contributed by atoms with Crippen molar-refractivity contribution in [3.8, 4) is 11.5 Å². The number of alkyl halides is 3. The molecule has 0 aliphatic heterocycles. The lowest BCUT2D eigenvalue weighted by Gasteiger charge is -2.18. The van der Waals surface area contributed by atoms with Gasteiger partial charge in [0.25, 0.3) is 5.91 Å². The summed E-state index contributed by atoms with van der Waals surface area (Å²) in [6.07, 6.45) is -1.77. The summed E-state index contributed by atoms with van der Waals surface area (Å²) in [6.45, 7) is 0. The first-order valence-corrected chi connectivity index (χ1v) is 10.7. The number of fused-ring (bicyclic) bond motifs is 1. The second-order valence-electron chi connectivity index (χ2n) is 8.32. The Morgan fingerprint density at radius 1 is 0.971 bits per heavy atom. The summed E-state index contributed by atoms with van der Waals surface area (Å²) in [5.41, 5.74) is 0.149. The monoisotopic (exact) mass is 481 g/mol. The first-order chi connectivity index (χ1) is 16.7. The van der Waals surface area contributed by atoms with E-state index in [0.717, 1.165) is 17.7 Å². The van der Waals surface area contributed by atoms with Crippen LogP contribution in [0.5, 0.6) is 11.5 Å². The van der Waals surface area contributed by atoms with E-state index < -0.39 is 29.2 Å². The summed E-state index contributed by atoms with van der Waals surface area (Å²) < 4.78 is 49.9. The Morgan fingerprint density at radius 3 is 2.26 bits per heavy atom. The van der Waals surface area contributed by atoms with E-state index in [1.54, 1.807) is 30.3 Å². The van der Waals surface area contributed by atoms with E-state index in [2.05, 4.69) is 5.32 Å². The number of aromatic carboxylic acids is 1. The molecule has 0 spiro atoms. The number of furan rings is 1. The second-order valence-corrected chi connectivity index (χ2v) is 8.32. The van der Waals surface area contributed by atoms with Crippen molar-refractivity contribution in [2.45, 2.75) is 24.6 Å². The largest absolute Gasteiger partial charge is 0.478 e. The molecule has 0 saturated heterocycles. The average molecular weight is 481 g/mol. The number of carboxylic acid groups (broad SMARTS) is 1. The maximum absolute atomic E-state index is 13.2. The van der Waals surface area contributed by atoms with Crippen molar-refractivity contribution >= 4 is 22.8 Å². The number of amides is 1. The Bertz CT molecular complexity index is 1420. The first-order valence-electron chi connectivity index (χ1n) is 10.7. The zero-order valence-electron chi connectivity index (χ0n) is 18.1. The van der Waals surface area contributed by atoms with Gasteiger partial charge in [-0.3, -0.25) is 4.79 Å². The van der Waals surface area contributed by atoms with Crippen molar-refractivity contribution < 1.29 is 37.0 Å². The van der Waals surface area contributed by atoms with E-state index in [9.17, 15) is 22.8 Å². The lowest BCUT2D eigenvalue weighted by atomic mass is 10.0. The summed E-state index contributed by atoms with van der Waals surface area (Å²) in [6, 6.07) is 15.5. The molecule has 0 atom stereocenters. The smallest absolute Gasteiger partial charge is 0.416 e. The molecule has 1 saturated carbocycles. The Hall–Kier alpha value is -4.27. The van der Waals surface area contributed by atoms with E-state index in [1.807, 2.05) is 0 Å². The van der Waals surface area contributed by atoms with Crippen LogP contribution in [-0.4, -0.2) is 17.0 Å². The number of hydrogen-bond donors (Lipinski definition) is 2. The Kier molecular flexibility index (Phi) is 5.27. The van der Waals surface area contributed by atoms with Crippen LogP contribution < -0.4 is 10.1 Å². The van der Waals surface area contributed by atoms with Gasteiger partial charge in [0.2, 0.25) is 0 Å². The van der Waals surface area contributed by atoms with Crippen LogP contribution >= 0.6 is 0 Å². The molecule has 0 bridgehead atoms. The van der Waals surface area contributed by atoms with E-state index in [1.165, 1.54) is 30.5 Å². The van der Waals surface area contributed by atoms with E-state index in [4.69, 9.17) is 14.3 Å². The molecule has 1 aliphatic rings. The van der Waals surface area contributed by atoms with Crippen LogP contribution in [0.15, 0.2) is 77.4 Å². The molecule has 5 rings (SSSR count). The third-order valence-electron chi connectivity index (χ3n) is 6.00. The van der Waals surface area contributed by atoms with Crippen molar-refractivity contribution in [3.63, 3.8) is 0 Å². The second kappa shape index (κ2) is 8.19. The summed E-state index contributed by atoms with van der Waals surface area (Å²) in [5.74, 6) is -1.00. The number of halogens is 3. The minimum absolute atomic E-state index is 0.154. The molecular formula is C26H18F3NO5. The Morgan fingerprint density at radius 2 is 1.66 bits per heavy atom. The highest BCUT2D eigenvalue weighted by atomic mass is 19.4. The molecule has 178 valence electrons. The average Bonchev–Trinajstić information content (AvgIpc) is 3.47. The molecule has 1 aliphatic carbocycles. The van der Waals surface area contributed by atoms with E-state index in [0.29, 0.717) is 23.8 Å². The number of carboxylic acids is 1. The van der Waals surface area contributed by atoms with Gasteiger partial charge in [0.15, 0.2) is 0 Å². The zero-order valence-corrected chi connectivity index (χ0v) is 18.1. The fourth-order valence-electron chi connectivity index (χ4n) is 3.97. The van der Waals surface area contributed by atoms with Crippen LogP contribution in [0.25, 0.3) is 11.0 Å². The fraction of sp³-hybridized carbons (Fsp3) is 0.154. The van der Waals surface area contributed by atoms with Crippen LogP contribution in [0.4, 0.5) is 13.2 Å². The Labute approximate surface area is 196 Å². The number of carbonyl (C=O) groups excluding carboxylic acids is 1. The van der Waals surface area contributed by atoms with Gasteiger partial charge in [-0.15, -0.1) is 0 Å². The number of nitrogens with one attached hydrogen (secondary N) is 1. The molecular weight excluding hydrogens is 463 g/mol.